The highest BCUT2D eigenvalue weighted by atomic mass is 16.3. The lowest BCUT2D eigenvalue weighted by Gasteiger charge is -2.21. The molecule has 0 radical (unpaired) electrons. The van der Waals surface area contributed by atoms with E-state index in [9.17, 15) is 10.2 Å². The van der Waals surface area contributed by atoms with Crippen LogP contribution in [0.3, 0.4) is 0 Å². The maximum absolute atomic E-state index is 9.22. The molecule has 1 heterocycles. The maximum atomic E-state index is 9.22. The fourth-order valence-corrected chi connectivity index (χ4v) is 1.42. The van der Waals surface area contributed by atoms with Gasteiger partial charge in [0.15, 0.2) is 0 Å². The summed E-state index contributed by atoms with van der Waals surface area (Å²) in [5.74, 6) is 0. The van der Waals surface area contributed by atoms with Crippen LogP contribution in [0.2, 0.25) is 0 Å². The van der Waals surface area contributed by atoms with Crippen molar-refractivity contribution < 1.29 is 10.2 Å². The third kappa shape index (κ3) is 1.92. The standard InChI is InChI=1S/C8H17NO2/c1-3-6(2)9-4-7(10)8(11)5-9/h6-8,10-11H,3-5H2,1-2H3/t6?,7-,8+. The molecule has 1 saturated heterocycles. The molecule has 0 aliphatic carbocycles. The van der Waals surface area contributed by atoms with Crippen molar-refractivity contribution >= 4 is 0 Å². The predicted octanol–water partition coefficient (Wildman–Crippen LogP) is -0.178. The van der Waals surface area contributed by atoms with Crippen molar-refractivity contribution in [2.45, 2.75) is 38.5 Å². The molecule has 0 aromatic heterocycles. The lowest BCUT2D eigenvalue weighted by Crippen LogP contribution is -2.31. The summed E-state index contributed by atoms with van der Waals surface area (Å²) in [6.45, 7) is 5.47. The molecule has 0 spiro atoms. The molecule has 66 valence electrons. The molecule has 1 aliphatic heterocycles. The molecule has 3 nitrogen and oxygen atoms in total. The van der Waals surface area contributed by atoms with Crippen LogP contribution < -0.4 is 0 Å². The van der Waals surface area contributed by atoms with Crippen molar-refractivity contribution in [2.75, 3.05) is 13.1 Å². The van der Waals surface area contributed by atoms with Crippen molar-refractivity contribution in [1.82, 2.24) is 4.90 Å². The van der Waals surface area contributed by atoms with Crippen LogP contribution in [-0.2, 0) is 0 Å². The molecule has 0 aromatic rings. The van der Waals surface area contributed by atoms with Crippen molar-refractivity contribution in [3.63, 3.8) is 0 Å². The maximum Gasteiger partial charge on any atom is 0.0938 e. The third-order valence-electron chi connectivity index (χ3n) is 2.50. The number of aliphatic hydroxyl groups is 2. The van der Waals surface area contributed by atoms with Gasteiger partial charge in [-0.3, -0.25) is 4.90 Å². The zero-order valence-electron chi connectivity index (χ0n) is 7.20. The Morgan fingerprint density at radius 1 is 1.36 bits per heavy atom. The first-order valence-electron chi connectivity index (χ1n) is 4.25. The molecule has 2 N–H and O–H groups in total. The first-order chi connectivity index (χ1) is 5.15. The van der Waals surface area contributed by atoms with E-state index in [4.69, 9.17) is 0 Å². The Labute approximate surface area is 67.6 Å². The molecule has 1 rings (SSSR count). The Kier molecular flexibility index (Phi) is 2.87. The largest absolute Gasteiger partial charge is 0.389 e. The third-order valence-corrected chi connectivity index (χ3v) is 2.50. The Hall–Kier alpha value is -0.120. The zero-order chi connectivity index (χ0) is 8.43. The van der Waals surface area contributed by atoms with Gasteiger partial charge in [-0.25, -0.2) is 0 Å². The van der Waals surface area contributed by atoms with E-state index < -0.39 is 12.2 Å². The molecule has 1 unspecified atom stereocenters. The van der Waals surface area contributed by atoms with Gasteiger partial charge in [0, 0.05) is 19.1 Å². The summed E-state index contributed by atoms with van der Waals surface area (Å²) in [6.07, 6.45) is -0.00704. The molecule has 11 heavy (non-hydrogen) atoms. The molecule has 3 atom stereocenters. The minimum atomic E-state index is -0.538. The van der Waals surface area contributed by atoms with Gasteiger partial charge in [-0.1, -0.05) is 6.92 Å². The van der Waals surface area contributed by atoms with E-state index in [1.165, 1.54) is 0 Å². The quantitative estimate of drug-likeness (QED) is 0.587. The molecule has 0 saturated carbocycles. The second-order valence-corrected chi connectivity index (χ2v) is 3.35. The summed E-state index contributed by atoms with van der Waals surface area (Å²) in [5, 5.41) is 18.4. The van der Waals surface area contributed by atoms with Crippen LogP contribution in [0.1, 0.15) is 20.3 Å². The van der Waals surface area contributed by atoms with Crippen LogP contribution >= 0.6 is 0 Å². The zero-order valence-corrected chi connectivity index (χ0v) is 7.20. The highest BCUT2D eigenvalue weighted by molar-refractivity contribution is 4.85. The number of hydrogen-bond acceptors (Lipinski definition) is 3. The molecule has 1 aliphatic rings. The molecular weight excluding hydrogens is 142 g/mol. The Morgan fingerprint density at radius 3 is 2.18 bits per heavy atom. The van der Waals surface area contributed by atoms with E-state index in [0.717, 1.165) is 6.42 Å². The monoisotopic (exact) mass is 159 g/mol. The van der Waals surface area contributed by atoms with Crippen LogP contribution in [0.25, 0.3) is 0 Å². The molecule has 1 fully saturated rings. The van der Waals surface area contributed by atoms with E-state index in [1.807, 2.05) is 0 Å². The topological polar surface area (TPSA) is 43.7 Å². The number of aliphatic hydroxyl groups excluding tert-OH is 2. The Bertz CT molecular complexity index is 119. The van der Waals surface area contributed by atoms with Crippen LogP contribution in [0.15, 0.2) is 0 Å². The van der Waals surface area contributed by atoms with Gasteiger partial charge in [0.05, 0.1) is 12.2 Å². The first-order valence-corrected chi connectivity index (χ1v) is 4.25. The number of likely N-dealkylation sites (tertiary alicyclic amines) is 1. The summed E-state index contributed by atoms with van der Waals surface area (Å²) < 4.78 is 0. The minimum Gasteiger partial charge on any atom is -0.389 e. The molecule has 0 bridgehead atoms. The second kappa shape index (κ2) is 3.52. The van der Waals surface area contributed by atoms with E-state index in [-0.39, 0.29) is 0 Å². The number of β-amino-alcohol motifs (C(OH)–C–C–N with tert-alkyl or cyclic N) is 2. The predicted molar refractivity (Wildman–Crippen MR) is 43.3 cm³/mol. The van der Waals surface area contributed by atoms with Gasteiger partial charge >= 0.3 is 0 Å². The van der Waals surface area contributed by atoms with Gasteiger partial charge in [0.25, 0.3) is 0 Å². The van der Waals surface area contributed by atoms with Gasteiger partial charge in [0.1, 0.15) is 0 Å². The van der Waals surface area contributed by atoms with Gasteiger partial charge in [-0.15, -0.1) is 0 Å². The summed E-state index contributed by atoms with van der Waals surface area (Å²) in [7, 11) is 0. The van der Waals surface area contributed by atoms with E-state index in [0.29, 0.717) is 19.1 Å². The van der Waals surface area contributed by atoms with Crippen molar-refractivity contribution in [3.8, 4) is 0 Å². The van der Waals surface area contributed by atoms with Crippen molar-refractivity contribution in [3.05, 3.63) is 0 Å². The average molecular weight is 159 g/mol. The highest BCUT2D eigenvalue weighted by Crippen LogP contribution is 2.14. The highest BCUT2D eigenvalue weighted by Gasteiger charge is 2.31. The summed E-state index contributed by atoms with van der Waals surface area (Å²) >= 11 is 0. The van der Waals surface area contributed by atoms with Crippen molar-refractivity contribution in [2.24, 2.45) is 0 Å². The molecule has 0 aromatic carbocycles. The first kappa shape index (κ1) is 8.97. The van der Waals surface area contributed by atoms with E-state index >= 15 is 0 Å². The minimum absolute atomic E-state index is 0.474. The van der Waals surface area contributed by atoms with Gasteiger partial charge in [0.2, 0.25) is 0 Å². The smallest absolute Gasteiger partial charge is 0.0938 e. The summed E-state index contributed by atoms with van der Waals surface area (Å²) in [6, 6.07) is 0.474. The number of hydrogen-bond donors (Lipinski definition) is 2. The lowest BCUT2D eigenvalue weighted by atomic mass is 10.2. The second-order valence-electron chi connectivity index (χ2n) is 3.35. The Morgan fingerprint density at radius 2 is 1.82 bits per heavy atom. The average Bonchev–Trinajstić information content (AvgIpc) is 2.31. The lowest BCUT2D eigenvalue weighted by molar-refractivity contribution is 0.0572. The van der Waals surface area contributed by atoms with Gasteiger partial charge in [-0.2, -0.15) is 0 Å². The van der Waals surface area contributed by atoms with E-state index in [1.54, 1.807) is 0 Å². The fourth-order valence-electron chi connectivity index (χ4n) is 1.42. The number of rotatable bonds is 2. The van der Waals surface area contributed by atoms with Gasteiger partial charge < -0.3 is 10.2 Å². The Balaban J connectivity index is 2.40. The molecule has 3 heteroatoms. The van der Waals surface area contributed by atoms with Crippen LogP contribution in [0.5, 0.6) is 0 Å². The normalized spacial score (nSPS) is 36.0. The number of nitrogens with zero attached hydrogens (tertiary/aromatic N) is 1. The van der Waals surface area contributed by atoms with Gasteiger partial charge in [-0.05, 0) is 13.3 Å². The van der Waals surface area contributed by atoms with Crippen molar-refractivity contribution in [1.29, 1.82) is 0 Å². The van der Waals surface area contributed by atoms with Crippen LogP contribution in [0.4, 0.5) is 0 Å². The molecular formula is C8H17NO2. The summed E-state index contributed by atoms with van der Waals surface area (Å²) in [4.78, 5) is 2.12. The van der Waals surface area contributed by atoms with E-state index in [2.05, 4.69) is 18.7 Å². The molecule has 0 amide bonds. The van der Waals surface area contributed by atoms with Crippen LogP contribution in [-0.4, -0.2) is 46.5 Å². The SMILES string of the molecule is CCC(C)N1C[C@@H](O)[C@@H](O)C1. The summed E-state index contributed by atoms with van der Waals surface area (Å²) in [5.41, 5.74) is 0. The fraction of sp³-hybridized carbons (Fsp3) is 1.00. The van der Waals surface area contributed by atoms with Crippen LogP contribution in [0, 0.1) is 0 Å².